The van der Waals surface area contributed by atoms with Gasteiger partial charge in [0, 0.05) is 67.7 Å². The van der Waals surface area contributed by atoms with Crippen LogP contribution in [0.1, 0.15) is 77.6 Å². The van der Waals surface area contributed by atoms with Crippen molar-refractivity contribution in [2.75, 3.05) is 5.32 Å². The van der Waals surface area contributed by atoms with Crippen LogP contribution >= 0.6 is 0 Å². The van der Waals surface area contributed by atoms with Crippen LogP contribution in [-0.2, 0) is 23.3 Å². The molecule has 2 aliphatic rings. The van der Waals surface area contributed by atoms with Crippen molar-refractivity contribution in [3.05, 3.63) is 168 Å². The van der Waals surface area contributed by atoms with Crippen LogP contribution < -0.4 is 16.2 Å². The van der Waals surface area contributed by atoms with E-state index in [2.05, 4.69) is 222 Å². The van der Waals surface area contributed by atoms with Crippen molar-refractivity contribution >= 4 is 84.4 Å². The molecule has 0 saturated heterocycles. The lowest BCUT2D eigenvalue weighted by atomic mass is 9.59. The Balaban J connectivity index is 1.10. The fourth-order valence-corrected chi connectivity index (χ4v) is 11.5. The highest BCUT2D eigenvalue weighted by Gasteiger charge is 2.38. The van der Waals surface area contributed by atoms with Crippen LogP contribution in [0.3, 0.4) is 0 Å². The van der Waals surface area contributed by atoms with Crippen LogP contribution in [0.2, 0.25) is 0 Å². The van der Waals surface area contributed by atoms with E-state index < -0.39 is 0 Å². The number of nitrogens with zero attached hydrogens (tertiary/aromatic N) is 3. The Morgan fingerprint density at radius 2 is 1.31 bits per heavy atom. The molecule has 0 radical (unpaired) electrons. The molecule has 0 spiro atoms. The summed E-state index contributed by atoms with van der Waals surface area (Å²) in [5, 5.41) is 8.68. The van der Waals surface area contributed by atoms with E-state index in [1.165, 1.54) is 82.9 Å². The number of imidazole rings is 1. The van der Waals surface area contributed by atoms with Gasteiger partial charge < -0.3 is 18.9 Å². The molecule has 1 N–H and O–H groups in total. The normalized spacial score (nSPS) is 14.0. The van der Waals surface area contributed by atoms with E-state index in [9.17, 15) is 0 Å². The smallest absolute Gasteiger partial charge is 0.198 e. The van der Waals surface area contributed by atoms with Crippen LogP contribution in [0.15, 0.2) is 150 Å². The number of aromatic nitrogens is 3. The van der Waals surface area contributed by atoms with Gasteiger partial charge >= 0.3 is 0 Å². The lowest BCUT2D eigenvalue weighted by Gasteiger charge is -2.26. The largest absolute Gasteiger partial charge is 0.456 e. The summed E-state index contributed by atoms with van der Waals surface area (Å²) < 4.78 is 11.4. The van der Waals surface area contributed by atoms with Crippen molar-refractivity contribution < 1.29 is 4.42 Å². The molecule has 0 saturated carbocycles. The minimum atomic E-state index is -0.177. The van der Waals surface area contributed by atoms with E-state index in [4.69, 9.17) is 9.40 Å². The molecule has 0 amide bonds. The van der Waals surface area contributed by atoms with Crippen molar-refractivity contribution in [2.45, 2.75) is 71.6 Å². The molecule has 0 bridgehead atoms. The molecule has 8 aromatic carbocycles. The number of aryl methyl sites for hydroxylation is 1. The van der Waals surface area contributed by atoms with Gasteiger partial charge in [0.1, 0.15) is 17.0 Å². The summed E-state index contributed by atoms with van der Waals surface area (Å²) in [5.41, 5.74) is 23.8. The Morgan fingerprint density at radius 3 is 2.09 bits per heavy atom. The predicted molar refractivity (Wildman–Crippen MR) is 284 cm³/mol. The van der Waals surface area contributed by atoms with Gasteiger partial charge in [-0.15, -0.1) is 0 Å². The molecule has 67 heavy (non-hydrogen) atoms. The van der Waals surface area contributed by atoms with E-state index in [0.29, 0.717) is 0 Å². The Hall–Kier alpha value is -7.31. The number of hydrogen-bond acceptors (Lipinski definition) is 3. The molecule has 4 heterocycles. The molecular weight excluding hydrogens is 816 g/mol. The lowest BCUT2D eigenvalue weighted by molar-refractivity contribution is 0.589. The number of furan rings is 1. The molecule has 3 aromatic heterocycles. The van der Waals surface area contributed by atoms with E-state index in [1.807, 2.05) is 0 Å². The summed E-state index contributed by atoms with van der Waals surface area (Å²) in [5.74, 6) is 0.965. The maximum absolute atomic E-state index is 6.57. The number of para-hydroxylation sites is 1. The maximum Gasteiger partial charge on any atom is 0.198 e. The van der Waals surface area contributed by atoms with Gasteiger partial charge in [-0.3, -0.25) is 0 Å². The van der Waals surface area contributed by atoms with Gasteiger partial charge in [-0.1, -0.05) is 152 Å². The maximum atomic E-state index is 6.57. The standard InChI is InChI=1S/C61H53BN4O/c1-59(2,3)35-19-22-37(23-20-35)63-49-31-47-42(41-27-36(60(4,5)6)21-26-46(41)61(47,7)8)28-43(49)39-24-25-40-44-30-55-45(38-17-13-14-18-54(38)67-55)29-51(44)66-52-33-53-50(32-48(52)62-56(39)57(40)66)64-58(65(53)9)34-15-11-10-12-16-34/h10-33,62-63H,1-9H3. The van der Waals surface area contributed by atoms with Crippen LogP contribution in [0.4, 0.5) is 11.4 Å². The van der Waals surface area contributed by atoms with Gasteiger partial charge in [0.05, 0.1) is 16.6 Å². The number of benzene rings is 8. The van der Waals surface area contributed by atoms with Crippen molar-refractivity contribution in [3.8, 4) is 39.3 Å². The first-order chi connectivity index (χ1) is 32.1. The number of rotatable bonds is 4. The lowest BCUT2D eigenvalue weighted by Crippen LogP contribution is -2.37. The number of nitrogens with one attached hydrogen (secondary N) is 1. The first kappa shape index (κ1) is 40.0. The third-order valence-corrected chi connectivity index (χ3v) is 15.3. The molecule has 0 unspecified atom stereocenters. The fraction of sp³-hybridized carbons (Fsp3) is 0.197. The minimum Gasteiger partial charge on any atom is -0.456 e. The average Bonchev–Trinajstić information content (AvgIpc) is 4.01. The Kier molecular flexibility index (Phi) is 8.14. The molecule has 5 nitrogen and oxygen atoms in total. The highest BCUT2D eigenvalue weighted by Crippen LogP contribution is 2.53. The minimum absolute atomic E-state index is 0.0235. The molecule has 6 heteroatoms. The second-order valence-electron chi connectivity index (χ2n) is 21.8. The van der Waals surface area contributed by atoms with Gasteiger partial charge in [0.15, 0.2) is 7.28 Å². The highest BCUT2D eigenvalue weighted by molar-refractivity contribution is 6.73. The summed E-state index contributed by atoms with van der Waals surface area (Å²) in [4.78, 5) is 5.31. The first-order valence-corrected chi connectivity index (χ1v) is 23.8. The topological polar surface area (TPSA) is 47.9 Å². The summed E-state index contributed by atoms with van der Waals surface area (Å²) in [7, 11) is 2.91. The second-order valence-corrected chi connectivity index (χ2v) is 21.8. The first-order valence-electron chi connectivity index (χ1n) is 23.8. The van der Waals surface area contributed by atoms with Crippen molar-refractivity contribution in [3.63, 3.8) is 0 Å². The van der Waals surface area contributed by atoms with E-state index >= 15 is 0 Å². The Bertz CT molecular complexity index is 3910. The van der Waals surface area contributed by atoms with Crippen molar-refractivity contribution in [1.29, 1.82) is 0 Å². The number of hydrogen-bond donors (Lipinski definition) is 1. The molecule has 13 rings (SSSR count). The summed E-state index contributed by atoms with van der Waals surface area (Å²) in [6.45, 7) is 18.6. The quantitative estimate of drug-likeness (QED) is 0.179. The SMILES string of the molecule is Cn1c(-c2ccccc2)nc2cc3c(cc21)-n1c2cc4c(cc2c2ccc(-c5cc6c(cc5Nc5ccc(C(C)(C)C)cc5)C(C)(C)c5ccc(C(C)(C)C)cc5-6)c(c21)B3)oc1ccccc14. The van der Waals surface area contributed by atoms with Crippen molar-refractivity contribution in [2.24, 2.45) is 7.05 Å². The molecule has 1 aliphatic heterocycles. The van der Waals surface area contributed by atoms with E-state index in [-0.39, 0.29) is 16.2 Å². The van der Waals surface area contributed by atoms with Gasteiger partial charge in [-0.2, -0.15) is 0 Å². The monoisotopic (exact) mass is 868 g/mol. The average molecular weight is 869 g/mol. The van der Waals surface area contributed by atoms with Gasteiger partial charge in [-0.05, 0) is 110 Å². The predicted octanol–water partition coefficient (Wildman–Crippen LogP) is 14.2. The molecule has 326 valence electrons. The third kappa shape index (κ3) is 5.84. The Labute approximate surface area is 392 Å². The number of fused-ring (bicyclic) bond motifs is 12. The molecule has 0 fully saturated rings. The fourth-order valence-electron chi connectivity index (χ4n) is 11.5. The van der Waals surface area contributed by atoms with Gasteiger partial charge in [-0.25, -0.2) is 4.98 Å². The van der Waals surface area contributed by atoms with Gasteiger partial charge in [0.2, 0.25) is 0 Å². The van der Waals surface area contributed by atoms with Crippen molar-refractivity contribution in [1.82, 2.24) is 14.1 Å². The van der Waals surface area contributed by atoms with Crippen LogP contribution in [0, 0.1) is 0 Å². The second kappa shape index (κ2) is 13.6. The van der Waals surface area contributed by atoms with E-state index in [0.717, 1.165) is 63.0 Å². The summed E-state index contributed by atoms with van der Waals surface area (Å²) >= 11 is 0. The zero-order valence-electron chi connectivity index (χ0n) is 39.8. The molecule has 11 aromatic rings. The molecule has 1 aliphatic carbocycles. The summed E-state index contributed by atoms with van der Waals surface area (Å²) in [6, 6.07) is 54.3. The zero-order valence-corrected chi connectivity index (χ0v) is 39.8. The van der Waals surface area contributed by atoms with Gasteiger partial charge in [0.25, 0.3) is 0 Å². The number of anilines is 2. The van der Waals surface area contributed by atoms with Crippen LogP contribution in [0.25, 0.3) is 94.1 Å². The third-order valence-electron chi connectivity index (χ3n) is 15.3. The Morgan fingerprint density at radius 1 is 0.582 bits per heavy atom. The molecule has 0 atom stereocenters. The zero-order chi connectivity index (χ0) is 45.9. The van der Waals surface area contributed by atoms with E-state index in [1.54, 1.807) is 0 Å². The van der Waals surface area contributed by atoms with Crippen LogP contribution in [-0.4, -0.2) is 21.4 Å². The molecular formula is C61H53BN4O. The van der Waals surface area contributed by atoms with Crippen LogP contribution in [0.5, 0.6) is 0 Å². The summed E-state index contributed by atoms with van der Waals surface area (Å²) in [6.07, 6.45) is 0. The highest BCUT2D eigenvalue weighted by atomic mass is 16.3.